The second kappa shape index (κ2) is 8.89. The van der Waals surface area contributed by atoms with E-state index in [2.05, 4.69) is 32.3 Å². The first kappa shape index (κ1) is 17.0. The van der Waals surface area contributed by atoms with Gasteiger partial charge in [-0.25, -0.2) is 9.97 Å². The second-order valence-electron chi connectivity index (χ2n) is 5.60. The molecule has 3 rings (SSSR count). The van der Waals surface area contributed by atoms with Crippen LogP contribution in [0.15, 0.2) is 42.7 Å². The van der Waals surface area contributed by atoms with E-state index >= 15 is 0 Å². The average Bonchev–Trinajstić information content (AvgIpc) is 2.67. The molecule has 2 aromatic rings. The van der Waals surface area contributed by atoms with E-state index in [1.54, 1.807) is 6.33 Å². The maximum atomic E-state index is 5.88. The Labute approximate surface area is 147 Å². The van der Waals surface area contributed by atoms with Crippen molar-refractivity contribution in [2.24, 2.45) is 0 Å². The maximum absolute atomic E-state index is 5.88. The van der Waals surface area contributed by atoms with Crippen LogP contribution in [0, 0.1) is 0 Å². The van der Waals surface area contributed by atoms with E-state index in [4.69, 9.17) is 4.74 Å². The van der Waals surface area contributed by atoms with Gasteiger partial charge in [-0.2, -0.15) is 11.8 Å². The summed E-state index contributed by atoms with van der Waals surface area (Å²) in [5.74, 6) is 4.17. The molecule has 1 aliphatic rings. The van der Waals surface area contributed by atoms with Crippen molar-refractivity contribution >= 4 is 23.4 Å². The van der Waals surface area contributed by atoms with Crippen LogP contribution in [0.2, 0.25) is 0 Å². The molecule has 0 saturated carbocycles. The lowest BCUT2D eigenvalue weighted by molar-refractivity contribution is 0.0718. The molecule has 1 saturated heterocycles. The zero-order valence-corrected chi connectivity index (χ0v) is 14.8. The summed E-state index contributed by atoms with van der Waals surface area (Å²) in [6.45, 7) is 5.48. The van der Waals surface area contributed by atoms with Gasteiger partial charge in [0.05, 0.1) is 6.10 Å². The minimum absolute atomic E-state index is 0.0148. The Kier molecular flexibility index (Phi) is 6.32. The van der Waals surface area contributed by atoms with E-state index in [1.165, 1.54) is 5.56 Å². The third kappa shape index (κ3) is 4.61. The molecular formula is C18H24N4OS. The minimum Gasteiger partial charge on any atom is -0.372 e. The SMILES string of the molecule is CCOC(CNc1cc(N2CCSCC2)ncn1)c1ccccc1. The van der Waals surface area contributed by atoms with Crippen molar-refractivity contribution in [3.63, 3.8) is 0 Å². The third-order valence-corrected chi connectivity index (χ3v) is 4.94. The van der Waals surface area contributed by atoms with Gasteiger partial charge in [-0.3, -0.25) is 0 Å². The van der Waals surface area contributed by atoms with Gasteiger partial charge in [-0.15, -0.1) is 0 Å². The number of hydrogen-bond donors (Lipinski definition) is 1. The number of anilines is 2. The van der Waals surface area contributed by atoms with Gasteiger partial charge in [0.2, 0.25) is 0 Å². The molecule has 0 bridgehead atoms. The fourth-order valence-corrected chi connectivity index (χ4v) is 3.65. The number of aromatic nitrogens is 2. The molecule has 1 aliphatic heterocycles. The first-order valence-corrected chi connectivity index (χ1v) is 9.57. The standard InChI is InChI=1S/C18H24N4OS/c1-2-23-16(15-6-4-3-5-7-15)13-19-17-12-18(21-14-20-17)22-8-10-24-11-9-22/h3-7,12,14,16H,2,8-11,13H2,1H3,(H,19,20,21). The fraction of sp³-hybridized carbons (Fsp3) is 0.444. The van der Waals surface area contributed by atoms with Crippen molar-refractivity contribution in [1.29, 1.82) is 0 Å². The molecule has 0 amide bonds. The predicted octanol–water partition coefficient (Wildman–Crippen LogP) is 3.22. The lowest BCUT2D eigenvalue weighted by Crippen LogP contribution is -2.33. The molecule has 1 aromatic heterocycles. The molecule has 1 aromatic carbocycles. The summed E-state index contributed by atoms with van der Waals surface area (Å²) in [6.07, 6.45) is 1.65. The number of hydrogen-bond acceptors (Lipinski definition) is 6. The highest BCUT2D eigenvalue weighted by Crippen LogP contribution is 2.21. The lowest BCUT2D eigenvalue weighted by atomic mass is 10.1. The van der Waals surface area contributed by atoms with Crippen LogP contribution < -0.4 is 10.2 Å². The molecular weight excluding hydrogens is 320 g/mol. The molecule has 128 valence electrons. The van der Waals surface area contributed by atoms with Gasteiger partial charge in [0.1, 0.15) is 18.0 Å². The van der Waals surface area contributed by atoms with Crippen LogP contribution in [0.4, 0.5) is 11.6 Å². The van der Waals surface area contributed by atoms with Gasteiger partial charge in [0, 0.05) is 43.8 Å². The smallest absolute Gasteiger partial charge is 0.134 e. The topological polar surface area (TPSA) is 50.3 Å². The number of rotatable bonds is 7. The van der Waals surface area contributed by atoms with Crippen LogP contribution in [0.5, 0.6) is 0 Å². The van der Waals surface area contributed by atoms with Crippen molar-refractivity contribution in [2.45, 2.75) is 13.0 Å². The Morgan fingerprint density at radius 1 is 1.21 bits per heavy atom. The summed E-state index contributed by atoms with van der Waals surface area (Å²) < 4.78 is 5.88. The molecule has 1 unspecified atom stereocenters. The zero-order valence-electron chi connectivity index (χ0n) is 14.0. The molecule has 1 atom stereocenters. The first-order valence-electron chi connectivity index (χ1n) is 8.42. The van der Waals surface area contributed by atoms with Gasteiger partial charge in [0.15, 0.2) is 0 Å². The highest BCUT2D eigenvalue weighted by atomic mass is 32.2. The van der Waals surface area contributed by atoms with Crippen molar-refractivity contribution in [2.75, 3.05) is 48.0 Å². The van der Waals surface area contributed by atoms with Gasteiger partial charge in [0.25, 0.3) is 0 Å². The van der Waals surface area contributed by atoms with Crippen LogP contribution in [0.3, 0.4) is 0 Å². The molecule has 2 heterocycles. The van der Waals surface area contributed by atoms with Crippen molar-refractivity contribution in [3.8, 4) is 0 Å². The molecule has 0 radical (unpaired) electrons. The first-order chi connectivity index (χ1) is 11.9. The zero-order chi connectivity index (χ0) is 16.6. The van der Waals surface area contributed by atoms with Gasteiger partial charge >= 0.3 is 0 Å². The Balaban J connectivity index is 1.64. The highest BCUT2D eigenvalue weighted by Gasteiger charge is 2.14. The normalized spacial score (nSPS) is 16.0. The molecule has 5 nitrogen and oxygen atoms in total. The molecule has 1 fully saturated rings. The number of ether oxygens (including phenoxy) is 1. The van der Waals surface area contributed by atoms with Crippen molar-refractivity contribution in [1.82, 2.24) is 9.97 Å². The molecule has 0 aliphatic carbocycles. The molecule has 1 N–H and O–H groups in total. The number of nitrogens with zero attached hydrogens (tertiary/aromatic N) is 3. The van der Waals surface area contributed by atoms with Crippen LogP contribution in [-0.4, -0.2) is 47.7 Å². The van der Waals surface area contributed by atoms with Crippen molar-refractivity contribution in [3.05, 3.63) is 48.3 Å². The second-order valence-corrected chi connectivity index (χ2v) is 6.82. The van der Waals surface area contributed by atoms with E-state index < -0.39 is 0 Å². The Bertz CT molecular complexity index is 619. The third-order valence-electron chi connectivity index (χ3n) is 4.00. The average molecular weight is 344 g/mol. The molecule has 0 spiro atoms. The summed E-state index contributed by atoms with van der Waals surface area (Å²) in [6, 6.07) is 12.3. The van der Waals surface area contributed by atoms with E-state index in [9.17, 15) is 0 Å². The van der Waals surface area contributed by atoms with Gasteiger partial charge in [-0.05, 0) is 12.5 Å². The van der Waals surface area contributed by atoms with Gasteiger partial charge < -0.3 is 15.0 Å². The monoisotopic (exact) mass is 344 g/mol. The van der Waals surface area contributed by atoms with Crippen LogP contribution in [0.1, 0.15) is 18.6 Å². The number of nitrogens with one attached hydrogen (secondary N) is 1. The number of thioether (sulfide) groups is 1. The molecule has 24 heavy (non-hydrogen) atoms. The summed E-state index contributed by atoms with van der Waals surface area (Å²) in [4.78, 5) is 11.1. The summed E-state index contributed by atoms with van der Waals surface area (Å²) in [5, 5.41) is 3.40. The Morgan fingerprint density at radius 2 is 2.00 bits per heavy atom. The van der Waals surface area contributed by atoms with Crippen LogP contribution in [0.25, 0.3) is 0 Å². The Hall–Kier alpha value is -1.79. The van der Waals surface area contributed by atoms with E-state index in [0.29, 0.717) is 13.2 Å². The van der Waals surface area contributed by atoms with E-state index in [0.717, 1.165) is 36.2 Å². The van der Waals surface area contributed by atoms with Crippen LogP contribution in [-0.2, 0) is 4.74 Å². The highest BCUT2D eigenvalue weighted by molar-refractivity contribution is 7.99. The largest absolute Gasteiger partial charge is 0.372 e. The lowest BCUT2D eigenvalue weighted by Gasteiger charge is -2.27. The molecule has 6 heteroatoms. The summed E-state index contributed by atoms with van der Waals surface area (Å²) in [5.41, 5.74) is 1.18. The Morgan fingerprint density at radius 3 is 2.75 bits per heavy atom. The van der Waals surface area contributed by atoms with Crippen LogP contribution >= 0.6 is 11.8 Å². The fourth-order valence-electron chi connectivity index (χ4n) is 2.75. The van der Waals surface area contributed by atoms with E-state index in [-0.39, 0.29) is 6.10 Å². The predicted molar refractivity (Wildman–Crippen MR) is 101 cm³/mol. The number of benzene rings is 1. The van der Waals surface area contributed by atoms with E-state index in [1.807, 2.05) is 43.0 Å². The van der Waals surface area contributed by atoms with Gasteiger partial charge in [-0.1, -0.05) is 30.3 Å². The minimum atomic E-state index is 0.0148. The van der Waals surface area contributed by atoms with Crippen molar-refractivity contribution < 1.29 is 4.74 Å². The quantitative estimate of drug-likeness (QED) is 0.832. The summed E-state index contributed by atoms with van der Waals surface area (Å²) in [7, 11) is 0. The summed E-state index contributed by atoms with van der Waals surface area (Å²) >= 11 is 2.00. The maximum Gasteiger partial charge on any atom is 0.134 e.